The second kappa shape index (κ2) is 5.71. The number of anilines is 1. The lowest BCUT2D eigenvalue weighted by molar-refractivity contribution is 0.318. The van der Waals surface area contributed by atoms with Gasteiger partial charge in [0, 0.05) is 16.8 Å². The summed E-state index contributed by atoms with van der Waals surface area (Å²) in [6, 6.07) is 7.88. The topological polar surface area (TPSA) is 48.1 Å². The highest BCUT2D eigenvalue weighted by molar-refractivity contribution is 5.91. The van der Waals surface area contributed by atoms with Crippen LogP contribution in [-0.4, -0.2) is 11.6 Å². The van der Waals surface area contributed by atoms with Crippen molar-refractivity contribution in [2.24, 2.45) is 0 Å². The number of aromatic nitrogens is 1. The maximum atomic E-state index is 6.09. The molecule has 2 aromatic rings. The Bertz CT molecular complexity index is 537. The SMILES string of the molecule is CCCOc1ccc2nc(CCC)cc(N)c2c1. The zero-order chi connectivity index (χ0) is 13.0. The lowest BCUT2D eigenvalue weighted by Gasteiger charge is -2.09. The summed E-state index contributed by atoms with van der Waals surface area (Å²) >= 11 is 0. The molecule has 0 unspecified atom stereocenters. The van der Waals surface area contributed by atoms with Crippen LogP contribution in [0.4, 0.5) is 5.69 Å². The van der Waals surface area contributed by atoms with Gasteiger partial charge < -0.3 is 10.5 Å². The van der Waals surface area contributed by atoms with Crippen molar-refractivity contribution in [3.8, 4) is 5.75 Å². The standard InChI is InChI=1S/C15H20N2O/c1-3-5-11-9-14(16)13-10-12(18-8-4-2)6-7-15(13)17-11/h6-7,9-10H,3-5,8H2,1-2H3,(H2,16,17). The Hall–Kier alpha value is -1.77. The number of pyridine rings is 1. The van der Waals surface area contributed by atoms with Crippen molar-refractivity contribution in [2.75, 3.05) is 12.3 Å². The summed E-state index contributed by atoms with van der Waals surface area (Å²) in [5, 5.41) is 0.975. The first kappa shape index (κ1) is 12.7. The average molecular weight is 244 g/mol. The molecule has 2 N–H and O–H groups in total. The number of aryl methyl sites for hydroxylation is 1. The van der Waals surface area contributed by atoms with Gasteiger partial charge in [0.05, 0.1) is 12.1 Å². The minimum Gasteiger partial charge on any atom is -0.494 e. The molecule has 0 saturated heterocycles. The van der Waals surface area contributed by atoms with Crippen molar-refractivity contribution in [1.82, 2.24) is 4.98 Å². The Morgan fingerprint density at radius 1 is 1.17 bits per heavy atom. The van der Waals surface area contributed by atoms with Gasteiger partial charge in [-0.15, -0.1) is 0 Å². The first-order chi connectivity index (χ1) is 8.74. The molecule has 18 heavy (non-hydrogen) atoms. The molecule has 3 heteroatoms. The molecule has 2 rings (SSSR count). The summed E-state index contributed by atoms with van der Waals surface area (Å²) in [7, 11) is 0. The first-order valence-electron chi connectivity index (χ1n) is 6.56. The van der Waals surface area contributed by atoms with Gasteiger partial charge in [-0.3, -0.25) is 4.98 Å². The maximum Gasteiger partial charge on any atom is 0.120 e. The second-order valence-electron chi connectivity index (χ2n) is 4.48. The molecular weight excluding hydrogens is 224 g/mol. The minimum atomic E-state index is 0.729. The second-order valence-corrected chi connectivity index (χ2v) is 4.48. The molecular formula is C15H20N2O. The summed E-state index contributed by atoms with van der Waals surface area (Å²) < 4.78 is 5.61. The maximum absolute atomic E-state index is 6.09. The van der Waals surface area contributed by atoms with Crippen molar-refractivity contribution in [1.29, 1.82) is 0 Å². The van der Waals surface area contributed by atoms with E-state index >= 15 is 0 Å². The van der Waals surface area contributed by atoms with Gasteiger partial charge in [-0.25, -0.2) is 0 Å². The molecule has 0 aliphatic heterocycles. The van der Waals surface area contributed by atoms with Crippen LogP contribution >= 0.6 is 0 Å². The number of hydrogen-bond acceptors (Lipinski definition) is 3. The van der Waals surface area contributed by atoms with E-state index in [1.54, 1.807) is 0 Å². The Kier molecular flexibility index (Phi) is 4.03. The van der Waals surface area contributed by atoms with E-state index in [0.717, 1.165) is 53.9 Å². The van der Waals surface area contributed by atoms with Gasteiger partial charge in [-0.1, -0.05) is 20.3 Å². The molecule has 0 fully saturated rings. The van der Waals surface area contributed by atoms with Crippen LogP contribution in [0.3, 0.4) is 0 Å². The summed E-state index contributed by atoms with van der Waals surface area (Å²) in [5.41, 5.74) is 8.88. The van der Waals surface area contributed by atoms with E-state index in [1.807, 2.05) is 24.3 Å². The van der Waals surface area contributed by atoms with Gasteiger partial charge in [-0.2, -0.15) is 0 Å². The zero-order valence-corrected chi connectivity index (χ0v) is 11.1. The molecule has 0 aliphatic carbocycles. The number of fused-ring (bicyclic) bond motifs is 1. The van der Waals surface area contributed by atoms with Crippen LogP contribution in [0, 0.1) is 0 Å². The summed E-state index contributed by atoms with van der Waals surface area (Å²) in [5.74, 6) is 0.862. The largest absolute Gasteiger partial charge is 0.494 e. The number of hydrogen-bond donors (Lipinski definition) is 1. The lowest BCUT2D eigenvalue weighted by Crippen LogP contribution is -1.98. The molecule has 1 aromatic heterocycles. The van der Waals surface area contributed by atoms with Crippen molar-refractivity contribution >= 4 is 16.6 Å². The van der Waals surface area contributed by atoms with Crippen LogP contribution in [0.25, 0.3) is 10.9 Å². The molecule has 0 bridgehead atoms. The quantitative estimate of drug-likeness (QED) is 0.874. The molecule has 1 aromatic carbocycles. The highest BCUT2D eigenvalue weighted by Crippen LogP contribution is 2.25. The predicted molar refractivity (Wildman–Crippen MR) is 75.9 cm³/mol. The molecule has 0 radical (unpaired) electrons. The van der Waals surface area contributed by atoms with E-state index in [-0.39, 0.29) is 0 Å². The van der Waals surface area contributed by atoms with Crippen LogP contribution in [0.5, 0.6) is 5.75 Å². The zero-order valence-electron chi connectivity index (χ0n) is 11.1. The van der Waals surface area contributed by atoms with Crippen LogP contribution in [0.1, 0.15) is 32.4 Å². The molecule has 0 amide bonds. The lowest BCUT2D eigenvalue weighted by atomic mass is 10.1. The number of benzene rings is 1. The monoisotopic (exact) mass is 244 g/mol. The van der Waals surface area contributed by atoms with Crippen LogP contribution in [0.15, 0.2) is 24.3 Å². The number of nitrogen functional groups attached to an aromatic ring is 1. The van der Waals surface area contributed by atoms with E-state index < -0.39 is 0 Å². The molecule has 0 aliphatic rings. The highest BCUT2D eigenvalue weighted by Gasteiger charge is 2.05. The fourth-order valence-corrected chi connectivity index (χ4v) is 1.98. The van der Waals surface area contributed by atoms with Gasteiger partial charge >= 0.3 is 0 Å². The van der Waals surface area contributed by atoms with E-state index in [1.165, 1.54) is 0 Å². The van der Waals surface area contributed by atoms with Crippen LogP contribution in [0.2, 0.25) is 0 Å². The van der Waals surface area contributed by atoms with Crippen molar-refractivity contribution < 1.29 is 4.74 Å². The van der Waals surface area contributed by atoms with Gasteiger partial charge in [0.25, 0.3) is 0 Å². The van der Waals surface area contributed by atoms with Gasteiger partial charge in [0.2, 0.25) is 0 Å². The Morgan fingerprint density at radius 2 is 2.00 bits per heavy atom. The third kappa shape index (κ3) is 2.73. The van der Waals surface area contributed by atoms with Crippen molar-refractivity contribution in [3.05, 3.63) is 30.0 Å². The normalized spacial score (nSPS) is 10.8. The number of rotatable bonds is 5. The van der Waals surface area contributed by atoms with Crippen molar-refractivity contribution in [2.45, 2.75) is 33.1 Å². The number of nitrogens with zero attached hydrogens (tertiary/aromatic N) is 1. The summed E-state index contributed by atoms with van der Waals surface area (Å²) in [6.45, 7) is 4.96. The van der Waals surface area contributed by atoms with Crippen LogP contribution < -0.4 is 10.5 Å². The molecule has 96 valence electrons. The molecule has 0 atom stereocenters. The summed E-state index contributed by atoms with van der Waals surface area (Å²) in [4.78, 5) is 4.61. The molecule has 3 nitrogen and oxygen atoms in total. The molecule has 1 heterocycles. The smallest absolute Gasteiger partial charge is 0.120 e. The Morgan fingerprint density at radius 3 is 2.72 bits per heavy atom. The Balaban J connectivity index is 2.38. The average Bonchev–Trinajstić information content (AvgIpc) is 2.37. The fourth-order valence-electron chi connectivity index (χ4n) is 1.98. The summed E-state index contributed by atoms with van der Waals surface area (Å²) in [6.07, 6.45) is 3.05. The number of ether oxygens (including phenoxy) is 1. The minimum absolute atomic E-state index is 0.729. The third-order valence-electron chi connectivity index (χ3n) is 2.84. The molecule has 0 spiro atoms. The van der Waals surface area contributed by atoms with Gasteiger partial charge in [-0.05, 0) is 37.1 Å². The predicted octanol–water partition coefficient (Wildman–Crippen LogP) is 3.56. The Labute approximate surface area is 108 Å². The fraction of sp³-hybridized carbons (Fsp3) is 0.400. The molecule has 0 saturated carbocycles. The number of nitrogens with two attached hydrogens (primary N) is 1. The van der Waals surface area contributed by atoms with Gasteiger partial charge in [0.1, 0.15) is 5.75 Å². The highest BCUT2D eigenvalue weighted by atomic mass is 16.5. The van der Waals surface area contributed by atoms with Gasteiger partial charge in [0.15, 0.2) is 0 Å². The third-order valence-corrected chi connectivity index (χ3v) is 2.84. The van der Waals surface area contributed by atoms with E-state index in [2.05, 4.69) is 18.8 Å². The van der Waals surface area contributed by atoms with Crippen molar-refractivity contribution in [3.63, 3.8) is 0 Å². The van der Waals surface area contributed by atoms with E-state index in [4.69, 9.17) is 10.5 Å². The van der Waals surface area contributed by atoms with Crippen LogP contribution in [-0.2, 0) is 6.42 Å². The van der Waals surface area contributed by atoms with E-state index in [0.29, 0.717) is 0 Å². The first-order valence-corrected chi connectivity index (χ1v) is 6.56. The van der Waals surface area contributed by atoms with E-state index in [9.17, 15) is 0 Å².